The topological polar surface area (TPSA) is 16.4 Å². The second kappa shape index (κ2) is 4.23. The van der Waals surface area contributed by atoms with Crippen molar-refractivity contribution >= 4 is 6.08 Å². The molecule has 2 heteroatoms. The fourth-order valence-electron chi connectivity index (χ4n) is 2.31. The van der Waals surface area contributed by atoms with Crippen molar-refractivity contribution < 1.29 is 4.42 Å². The number of nitrogens with zero attached hydrogens (tertiary/aromatic N) is 1. The van der Waals surface area contributed by atoms with Crippen LogP contribution in [0.3, 0.4) is 0 Å². The van der Waals surface area contributed by atoms with Gasteiger partial charge in [-0.25, -0.2) is 0 Å². The van der Waals surface area contributed by atoms with E-state index in [2.05, 4.69) is 31.9 Å². The Labute approximate surface area is 91.6 Å². The Kier molecular flexibility index (Phi) is 2.96. The van der Waals surface area contributed by atoms with Crippen molar-refractivity contribution in [3.05, 3.63) is 29.7 Å². The predicted octanol–water partition coefficient (Wildman–Crippen LogP) is 3.02. The van der Waals surface area contributed by atoms with E-state index in [4.69, 9.17) is 4.42 Å². The third-order valence-electron chi connectivity index (χ3n) is 3.25. The first-order valence-corrected chi connectivity index (χ1v) is 5.61. The summed E-state index contributed by atoms with van der Waals surface area (Å²) in [6, 6.07) is 4.48. The average Bonchev–Trinajstić information content (AvgIpc) is 2.66. The summed E-state index contributed by atoms with van der Waals surface area (Å²) in [5.41, 5.74) is 1.48. The van der Waals surface area contributed by atoms with Gasteiger partial charge in [-0.1, -0.05) is 6.92 Å². The third-order valence-corrected chi connectivity index (χ3v) is 3.25. The molecule has 2 rings (SSSR count). The van der Waals surface area contributed by atoms with Gasteiger partial charge in [0.1, 0.15) is 5.76 Å². The van der Waals surface area contributed by atoms with Gasteiger partial charge in [0.25, 0.3) is 0 Å². The van der Waals surface area contributed by atoms with Crippen molar-refractivity contribution in [1.29, 1.82) is 0 Å². The number of hydrogen-bond acceptors (Lipinski definition) is 2. The lowest BCUT2D eigenvalue weighted by molar-refractivity contribution is 0.207. The van der Waals surface area contributed by atoms with Crippen LogP contribution in [0.2, 0.25) is 0 Å². The van der Waals surface area contributed by atoms with E-state index in [0.29, 0.717) is 6.04 Å². The zero-order valence-corrected chi connectivity index (χ0v) is 9.73. The molecule has 0 spiro atoms. The Hall–Kier alpha value is -1.02. The van der Waals surface area contributed by atoms with Gasteiger partial charge >= 0.3 is 0 Å². The lowest BCUT2D eigenvalue weighted by atomic mass is 9.90. The zero-order valence-electron chi connectivity index (χ0n) is 9.73. The first kappa shape index (κ1) is 10.5. The zero-order chi connectivity index (χ0) is 10.8. The highest BCUT2D eigenvalue weighted by atomic mass is 16.3. The van der Waals surface area contributed by atoms with Crippen LogP contribution >= 0.6 is 0 Å². The molecule has 1 aliphatic rings. The molecule has 0 aromatic carbocycles. The van der Waals surface area contributed by atoms with E-state index in [1.807, 2.05) is 12.1 Å². The van der Waals surface area contributed by atoms with E-state index >= 15 is 0 Å². The monoisotopic (exact) mass is 205 g/mol. The molecule has 0 amide bonds. The molecule has 0 N–H and O–H groups in total. The van der Waals surface area contributed by atoms with Gasteiger partial charge in [-0.3, -0.25) is 4.90 Å². The van der Waals surface area contributed by atoms with E-state index in [1.54, 1.807) is 6.26 Å². The molecule has 1 fully saturated rings. The van der Waals surface area contributed by atoms with Gasteiger partial charge in [-0.15, -0.1) is 0 Å². The quantitative estimate of drug-likeness (QED) is 0.700. The fourth-order valence-corrected chi connectivity index (χ4v) is 2.31. The Bertz CT molecular complexity index is 339. The van der Waals surface area contributed by atoms with Crippen molar-refractivity contribution in [2.24, 2.45) is 5.92 Å². The maximum Gasteiger partial charge on any atom is 0.126 e. The molecule has 2 heterocycles. The van der Waals surface area contributed by atoms with Crippen LogP contribution in [0.15, 0.2) is 28.4 Å². The third kappa shape index (κ3) is 2.32. The Morgan fingerprint density at radius 1 is 1.47 bits per heavy atom. The Morgan fingerprint density at radius 2 is 2.27 bits per heavy atom. The van der Waals surface area contributed by atoms with E-state index in [1.165, 1.54) is 18.5 Å². The average molecular weight is 205 g/mol. The van der Waals surface area contributed by atoms with Crippen molar-refractivity contribution in [2.75, 3.05) is 13.6 Å². The summed E-state index contributed by atoms with van der Waals surface area (Å²) in [5, 5.41) is 0. The van der Waals surface area contributed by atoms with Crippen LogP contribution in [0.1, 0.15) is 26.0 Å². The van der Waals surface area contributed by atoms with E-state index in [9.17, 15) is 0 Å². The summed E-state index contributed by atoms with van der Waals surface area (Å²) >= 11 is 0. The highest BCUT2D eigenvalue weighted by Crippen LogP contribution is 2.27. The first-order valence-electron chi connectivity index (χ1n) is 5.61. The number of piperidine rings is 1. The molecular formula is C13H19NO. The van der Waals surface area contributed by atoms with Gasteiger partial charge in [0.05, 0.1) is 6.26 Å². The summed E-state index contributed by atoms with van der Waals surface area (Å²) in [7, 11) is 2.19. The lowest BCUT2D eigenvalue weighted by Crippen LogP contribution is -2.39. The number of likely N-dealkylation sites (tertiary alicyclic amines) is 1. The molecule has 2 atom stereocenters. The highest BCUT2D eigenvalue weighted by molar-refractivity contribution is 5.49. The normalized spacial score (nSPS) is 31.0. The molecule has 1 aliphatic heterocycles. The molecule has 0 unspecified atom stereocenters. The first-order chi connectivity index (χ1) is 7.16. The van der Waals surface area contributed by atoms with Crippen LogP contribution in [0.4, 0.5) is 0 Å². The molecule has 0 bridgehead atoms. The fraction of sp³-hybridized carbons (Fsp3) is 0.538. The van der Waals surface area contributed by atoms with Gasteiger partial charge in [0.2, 0.25) is 0 Å². The van der Waals surface area contributed by atoms with Crippen molar-refractivity contribution in [3.63, 3.8) is 0 Å². The standard InChI is InChI=1S/C13H19NO/c1-10-7-12(11(2)14(3)9-10)8-13-5-4-6-15-13/h4-6,8,10-11H,7,9H2,1-3H3/b12-8-/t10-,11+/m0/s1. The van der Waals surface area contributed by atoms with Gasteiger partial charge < -0.3 is 4.42 Å². The van der Waals surface area contributed by atoms with Crippen LogP contribution in [-0.4, -0.2) is 24.5 Å². The van der Waals surface area contributed by atoms with Crippen LogP contribution in [0.5, 0.6) is 0 Å². The van der Waals surface area contributed by atoms with E-state index in [0.717, 1.165) is 11.7 Å². The molecule has 0 saturated carbocycles. The van der Waals surface area contributed by atoms with Gasteiger partial charge in [0.15, 0.2) is 0 Å². The minimum absolute atomic E-state index is 0.534. The van der Waals surface area contributed by atoms with Crippen molar-refractivity contribution in [3.8, 4) is 0 Å². The summed E-state index contributed by atoms with van der Waals surface area (Å²) in [6.07, 6.45) is 5.11. The van der Waals surface area contributed by atoms with E-state index < -0.39 is 0 Å². The number of hydrogen-bond donors (Lipinski definition) is 0. The molecule has 0 radical (unpaired) electrons. The van der Waals surface area contributed by atoms with Crippen LogP contribution < -0.4 is 0 Å². The SMILES string of the molecule is C[C@H]1C/C(=C/c2ccco2)[C@@H](C)N(C)C1. The summed E-state index contributed by atoms with van der Waals surface area (Å²) in [6.45, 7) is 5.76. The molecule has 0 aliphatic carbocycles. The smallest absolute Gasteiger partial charge is 0.126 e. The molecule has 1 aromatic rings. The molecule has 15 heavy (non-hydrogen) atoms. The molecule has 1 aromatic heterocycles. The van der Waals surface area contributed by atoms with E-state index in [-0.39, 0.29) is 0 Å². The molecule has 82 valence electrons. The summed E-state index contributed by atoms with van der Waals surface area (Å²) < 4.78 is 5.36. The molecule has 2 nitrogen and oxygen atoms in total. The van der Waals surface area contributed by atoms with Gasteiger partial charge in [-0.2, -0.15) is 0 Å². The highest BCUT2D eigenvalue weighted by Gasteiger charge is 2.23. The largest absolute Gasteiger partial charge is 0.465 e. The van der Waals surface area contributed by atoms with Crippen molar-refractivity contribution in [1.82, 2.24) is 4.90 Å². The lowest BCUT2D eigenvalue weighted by Gasteiger charge is -2.36. The van der Waals surface area contributed by atoms with Gasteiger partial charge in [0, 0.05) is 12.6 Å². The molecule has 1 saturated heterocycles. The number of rotatable bonds is 1. The predicted molar refractivity (Wildman–Crippen MR) is 62.6 cm³/mol. The Morgan fingerprint density at radius 3 is 2.93 bits per heavy atom. The summed E-state index contributed by atoms with van der Waals surface area (Å²) in [4.78, 5) is 2.41. The summed E-state index contributed by atoms with van der Waals surface area (Å²) in [5.74, 6) is 1.71. The maximum atomic E-state index is 5.36. The van der Waals surface area contributed by atoms with Crippen molar-refractivity contribution in [2.45, 2.75) is 26.3 Å². The maximum absolute atomic E-state index is 5.36. The second-order valence-corrected chi connectivity index (χ2v) is 4.66. The van der Waals surface area contributed by atoms with Crippen LogP contribution in [0.25, 0.3) is 6.08 Å². The minimum Gasteiger partial charge on any atom is -0.465 e. The number of likely N-dealkylation sites (N-methyl/N-ethyl adjacent to an activating group) is 1. The molecular weight excluding hydrogens is 186 g/mol. The second-order valence-electron chi connectivity index (χ2n) is 4.66. The van der Waals surface area contributed by atoms with Crippen LogP contribution in [-0.2, 0) is 0 Å². The Balaban J connectivity index is 2.20. The van der Waals surface area contributed by atoms with Crippen LogP contribution in [0, 0.1) is 5.92 Å². The van der Waals surface area contributed by atoms with Gasteiger partial charge in [-0.05, 0) is 50.1 Å². The number of furan rings is 1. The minimum atomic E-state index is 0.534.